The van der Waals surface area contributed by atoms with Gasteiger partial charge in [0.1, 0.15) is 0 Å². The Balaban J connectivity index is 1.99. The second-order valence-corrected chi connectivity index (χ2v) is 6.22. The Labute approximate surface area is 163 Å². The van der Waals surface area contributed by atoms with E-state index < -0.39 is 22.9 Å². The lowest BCUT2D eigenvalue weighted by Gasteiger charge is -2.16. The summed E-state index contributed by atoms with van der Waals surface area (Å²) in [5, 5.41) is 13.6. The number of rotatable bonds is 7. The van der Waals surface area contributed by atoms with Gasteiger partial charge in [-0.15, -0.1) is 0 Å². The number of anilines is 1. The molecule has 0 spiro atoms. The molecule has 0 aliphatic heterocycles. The van der Waals surface area contributed by atoms with Crippen LogP contribution < -0.4 is 5.32 Å². The fourth-order valence-corrected chi connectivity index (χ4v) is 2.60. The molecule has 1 amide bonds. The van der Waals surface area contributed by atoms with Crippen molar-refractivity contribution in [2.75, 3.05) is 5.32 Å². The number of hydrogen-bond acceptors (Lipinski definition) is 5. The van der Waals surface area contributed by atoms with Gasteiger partial charge in [0.15, 0.2) is 6.10 Å². The van der Waals surface area contributed by atoms with Crippen molar-refractivity contribution in [1.82, 2.24) is 0 Å². The van der Waals surface area contributed by atoms with Crippen LogP contribution in [0.1, 0.15) is 30.5 Å². The molecule has 0 saturated heterocycles. The Kier molecular flexibility index (Phi) is 7.03. The number of benzene rings is 2. The Morgan fingerprint density at radius 3 is 2.64 bits per heavy atom. The monoisotopic (exact) mass is 382 g/mol. The SMILES string of the molecule is CCc1cccc(C)c1NC(=O)[C@@H](C)OC(=O)/C=C/c1cccc([N+](=O)[O-])c1. The van der Waals surface area contributed by atoms with Crippen LogP contribution in [0, 0.1) is 17.0 Å². The maximum atomic E-state index is 12.4. The summed E-state index contributed by atoms with van der Waals surface area (Å²) in [6.45, 7) is 5.37. The van der Waals surface area contributed by atoms with Gasteiger partial charge in [-0.3, -0.25) is 14.9 Å². The number of nitro groups is 1. The summed E-state index contributed by atoms with van der Waals surface area (Å²) in [7, 11) is 0. The Morgan fingerprint density at radius 2 is 1.96 bits per heavy atom. The van der Waals surface area contributed by atoms with Crippen LogP contribution in [0.2, 0.25) is 0 Å². The second-order valence-electron chi connectivity index (χ2n) is 6.22. The number of nitro benzene ring substituents is 1. The molecule has 0 aliphatic carbocycles. The quantitative estimate of drug-likeness (QED) is 0.337. The third-order valence-corrected chi connectivity index (χ3v) is 4.14. The molecule has 1 atom stereocenters. The van der Waals surface area contributed by atoms with E-state index >= 15 is 0 Å². The van der Waals surface area contributed by atoms with Crippen LogP contribution in [0.5, 0.6) is 0 Å². The molecule has 7 nitrogen and oxygen atoms in total. The zero-order valence-electron chi connectivity index (χ0n) is 16.0. The van der Waals surface area contributed by atoms with E-state index in [0.29, 0.717) is 5.56 Å². The van der Waals surface area contributed by atoms with E-state index in [9.17, 15) is 19.7 Å². The summed E-state index contributed by atoms with van der Waals surface area (Å²) in [4.78, 5) is 34.6. The molecule has 1 N–H and O–H groups in total. The van der Waals surface area contributed by atoms with Crippen molar-refractivity contribution in [1.29, 1.82) is 0 Å². The van der Waals surface area contributed by atoms with Gasteiger partial charge in [-0.25, -0.2) is 4.79 Å². The number of non-ortho nitro benzene ring substituents is 1. The zero-order valence-corrected chi connectivity index (χ0v) is 16.0. The minimum Gasteiger partial charge on any atom is -0.449 e. The lowest BCUT2D eigenvalue weighted by atomic mass is 10.1. The number of hydrogen-bond donors (Lipinski definition) is 1. The third kappa shape index (κ3) is 5.51. The Bertz CT molecular complexity index is 921. The largest absolute Gasteiger partial charge is 0.449 e. The van der Waals surface area contributed by atoms with Crippen molar-refractivity contribution >= 4 is 29.3 Å². The standard InChI is InChI=1S/C21H22N2O5/c1-4-17-9-5-7-14(2)20(17)22-21(25)15(3)28-19(24)12-11-16-8-6-10-18(13-16)23(26)27/h5-13,15H,4H2,1-3H3,(H,22,25)/b12-11+/t15-/m1/s1. The minimum atomic E-state index is -0.994. The van der Waals surface area contributed by atoms with Gasteiger partial charge in [-0.05, 0) is 43.0 Å². The van der Waals surface area contributed by atoms with Crippen LogP contribution in [0.15, 0.2) is 48.5 Å². The fraction of sp³-hybridized carbons (Fsp3) is 0.238. The summed E-state index contributed by atoms with van der Waals surface area (Å²) in [6, 6.07) is 11.6. The number of esters is 1. The van der Waals surface area contributed by atoms with Gasteiger partial charge in [0.05, 0.1) is 4.92 Å². The van der Waals surface area contributed by atoms with E-state index in [1.807, 2.05) is 32.0 Å². The van der Waals surface area contributed by atoms with Gasteiger partial charge in [0.2, 0.25) is 0 Å². The van der Waals surface area contributed by atoms with E-state index in [1.165, 1.54) is 31.2 Å². The smallest absolute Gasteiger partial charge is 0.331 e. The number of amides is 1. The fourth-order valence-electron chi connectivity index (χ4n) is 2.60. The maximum absolute atomic E-state index is 12.4. The molecular formula is C21H22N2O5. The van der Waals surface area contributed by atoms with E-state index in [2.05, 4.69) is 5.32 Å². The summed E-state index contributed by atoms with van der Waals surface area (Å²) in [5.74, 6) is -1.14. The average molecular weight is 382 g/mol. The highest BCUT2D eigenvalue weighted by Gasteiger charge is 2.18. The number of ether oxygens (including phenoxy) is 1. The van der Waals surface area contributed by atoms with Gasteiger partial charge in [-0.2, -0.15) is 0 Å². The van der Waals surface area contributed by atoms with Crippen molar-refractivity contribution in [3.05, 3.63) is 75.3 Å². The van der Waals surface area contributed by atoms with E-state index in [4.69, 9.17) is 4.74 Å². The lowest BCUT2D eigenvalue weighted by Crippen LogP contribution is -2.30. The average Bonchev–Trinajstić information content (AvgIpc) is 2.68. The van der Waals surface area contributed by atoms with Crippen molar-refractivity contribution in [2.24, 2.45) is 0 Å². The van der Waals surface area contributed by atoms with Gasteiger partial charge in [0, 0.05) is 23.9 Å². The molecule has 146 valence electrons. The summed E-state index contributed by atoms with van der Waals surface area (Å²) in [5.41, 5.74) is 3.06. The number of nitrogens with one attached hydrogen (secondary N) is 1. The molecule has 2 aromatic rings. The highest BCUT2D eigenvalue weighted by molar-refractivity contribution is 5.97. The molecule has 2 rings (SSSR count). The highest BCUT2D eigenvalue weighted by Crippen LogP contribution is 2.21. The molecule has 0 radical (unpaired) electrons. The lowest BCUT2D eigenvalue weighted by molar-refractivity contribution is -0.384. The molecular weight excluding hydrogens is 360 g/mol. The molecule has 0 bridgehead atoms. The first-order valence-corrected chi connectivity index (χ1v) is 8.84. The first-order chi connectivity index (χ1) is 13.3. The van der Waals surface area contributed by atoms with Crippen LogP contribution in [-0.4, -0.2) is 22.9 Å². The molecule has 0 aromatic heterocycles. The Morgan fingerprint density at radius 1 is 1.25 bits per heavy atom. The highest BCUT2D eigenvalue weighted by atomic mass is 16.6. The summed E-state index contributed by atoms with van der Waals surface area (Å²) < 4.78 is 5.13. The third-order valence-electron chi connectivity index (χ3n) is 4.14. The van der Waals surface area contributed by atoms with Crippen molar-refractivity contribution in [2.45, 2.75) is 33.3 Å². The van der Waals surface area contributed by atoms with Gasteiger partial charge < -0.3 is 10.1 Å². The van der Waals surface area contributed by atoms with Crippen LogP contribution in [0.25, 0.3) is 6.08 Å². The topological polar surface area (TPSA) is 98.5 Å². The van der Waals surface area contributed by atoms with Crippen molar-refractivity contribution < 1.29 is 19.2 Å². The van der Waals surface area contributed by atoms with E-state index in [1.54, 1.807) is 6.07 Å². The summed E-state index contributed by atoms with van der Waals surface area (Å²) >= 11 is 0. The Hall–Kier alpha value is -3.48. The zero-order chi connectivity index (χ0) is 20.7. The number of carbonyl (C=O) groups excluding carboxylic acids is 2. The molecule has 2 aromatic carbocycles. The number of para-hydroxylation sites is 1. The van der Waals surface area contributed by atoms with Crippen LogP contribution in [0.3, 0.4) is 0 Å². The molecule has 0 saturated carbocycles. The first-order valence-electron chi connectivity index (χ1n) is 8.84. The van der Waals surface area contributed by atoms with Crippen LogP contribution >= 0.6 is 0 Å². The van der Waals surface area contributed by atoms with Crippen LogP contribution in [0.4, 0.5) is 11.4 Å². The minimum absolute atomic E-state index is 0.0757. The van der Waals surface area contributed by atoms with E-state index in [-0.39, 0.29) is 5.69 Å². The molecule has 28 heavy (non-hydrogen) atoms. The normalized spacial score (nSPS) is 11.8. The van der Waals surface area contributed by atoms with Gasteiger partial charge in [0.25, 0.3) is 11.6 Å². The predicted octanol–water partition coefficient (Wildman–Crippen LogP) is 4.05. The van der Waals surface area contributed by atoms with Crippen molar-refractivity contribution in [3.63, 3.8) is 0 Å². The van der Waals surface area contributed by atoms with E-state index in [0.717, 1.165) is 29.3 Å². The van der Waals surface area contributed by atoms with Gasteiger partial charge in [-0.1, -0.05) is 37.3 Å². The van der Waals surface area contributed by atoms with Crippen LogP contribution in [-0.2, 0) is 20.7 Å². The number of nitrogens with zero attached hydrogens (tertiary/aromatic N) is 1. The molecule has 7 heteroatoms. The molecule has 0 unspecified atom stereocenters. The summed E-state index contributed by atoms with van der Waals surface area (Å²) in [6.07, 6.45) is 2.30. The van der Waals surface area contributed by atoms with Gasteiger partial charge >= 0.3 is 5.97 Å². The second kappa shape index (κ2) is 9.45. The molecule has 0 aliphatic rings. The first kappa shape index (κ1) is 20.8. The number of aryl methyl sites for hydroxylation is 2. The predicted molar refractivity (Wildman–Crippen MR) is 107 cm³/mol. The molecule has 0 fully saturated rings. The van der Waals surface area contributed by atoms with Crippen molar-refractivity contribution in [3.8, 4) is 0 Å². The maximum Gasteiger partial charge on any atom is 0.331 e. The number of carbonyl (C=O) groups is 2. The molecule has 0 heterocycles.